The highest BCUT2D eigenvalue weighted by molar-refractivity contribution is 7.13. The van der Waals surface area contributed by atoms with Crippen LogP contribution in [0, 0.1) is 5.82 Å². The van der Waals surface area contributed by atoms with Crippen LogP contribution in [-0.2, 0) is 6.54 Å². The molecular weight excluding hydrogens is 395 g/mol. The molecule has 0 spiro atoms. The van der Waals surface area contributed by atoms with Gasteiger partial charge in [-0.2, -0.15) is 0 Å². The first-order chi connectivity index (χ1) is 14.0. The van der Waals surface area contributed by atoms with Crippen LogP contribution in [0.3, 0.4) is 0 Å². The van der Waals surface area contributed by atoms with E-state index in [-0.39, 0.29) is 10.9 Å². The van der Waals surface area contributed by atoms with Gasteiger partial charge in [-0.05, 0) is 26.1 Å². The van der Waals surface area contributed by atoms with E-state index in [0.29, 0.717) is 22.9 Å². The first-order valence-electron chi connectivity index (χ1n) is 9.35. The number of aryl methyl sites for hydroxylation is 1. The van der Waals surface area contributed by atoms with Crippen LogP contribution in [0.15, 0.2) is 28.6 Å². The normalized spacial score (nSPS) is 15.1. The van der Waals surface area contributed by atoms with Gasteiger partial charge in [-0.15, -0.1) is 10.2 Å². The molecule has 1 aromatic carbocycles. The number of carbonyl (C=O) groups is 1. The Bertz CT molecular complexity index is 1110. The van der Waals surface area contributed by atoms with E-state index < -0.39 is 17.2 Å². The molecule has 3 aromatic rings. The second-order valence-electron chi connectivity index (χ2n) is 6.97. The minimum absolute atomic E-state index is 0.0544. The highest BCUT2D eigenvalue weighted by Crippen LogP contribution is 2.26. The number of hydrogen-bond donors (Lipinski definition) is 1. The van der Waals surface area contributed by atoms with E-state index in [0.717, 1.165) is 37.5 Å². The quantitative estimate of drug-likeness (QED) is 0.701. The van der Waals surface area contributed by atoms with Crippen LogP contribution in [0.25, 0.3) is 10.9 Å². The van der Waals surface area contributed by atoms with Gasteiger partial charge < -0.3 is 14.4 Å². The number of benzene rings is 1. The lowest BCUT2D eigenvalue weighted by atomic mass is 10.1. The topological polar surface area (TPSA) is 83.4 Å². The Labute approximate surface area is 170 Å². The minimum Gasteiger partial charge on any atom is -0.367 e. The number of likely N-dealkylation sites (N-methyl/N-ethyl adjacent to an activating group) is 1. The molecule has 1 saturated heterocycles. The fraction of sp³-hybridized carbons (Fsp3) is 0.368. The number of carbonyl (C=O) groups excluding carboxylic acids is 1. The van der Waals surface area contributed by atoms with E-state index in [4.69, 9.17) is 0 Å². The molecule has 0 unspecified atom stereocenters. The lowest BCUT2D eigenvalue weighted by Crippen LogP contribution is -2.44. The van der Waals surface area contributed by atoms with Gasteiger partial charge in [-0.3, -0.25) is 14.9 Å². The predicted molar refractivity (Wildman–Crippen MR) is 111 cm³/mol. The first kappa shape index (κ1) is 19.5. The summed E-state index contributed by atoms with van der Waals surface area (Å²) in [4.78, 5) is 29.7. The molecular formula is C19H21FN6O2S. The number of anilines is 2. The molecule has 152 valence electrons. The largest absolute Gasteiger partial charge is 0.367 e. The number of aromatic nitrogens is 3. The number of fused-ring (bicyclic) bond motifs is 1. The zero-order valence-electron chi connectivity index (χ0n) is 16.2. The maximum atomic E-state index is 14.9. The number of pyridine rings is 1. The van der Waals surface area contributed by atoms with Crippen LogP contribution in [0.5, 0.6) is 0 Å². The number of piperazine rings is 1. The van der Waals surface area contributed by atoms with Gasteiger partial charge in [-0.1, -0.05) is 11.3 Å². The Hall–Kier alpha value is -2.85. The highest BCUT2D eigenvalue weighted by atomic mass is 32.1. The Balaban J connectivity index is 1.78. The SMILES string of the molecule is CCn1cc(C(=O)Nc2nncs2)c(=O)c2cc(F)c(N3CCN(C)CC3)cc21. The molecule has 0 radical (unpaired) electrons. The number of nitrogens with zero attached hydrogens (tertiary/aromatic N) is 5. The van der Waals surface area contributed by atoms with Gasteiger partial charge >= 0.3 is 0 Å². The monoisotopic (exact) mass is 416 g/mol. The maximum absolute atomic E-state index is 14.9. The second kappa shape index (κ2) is 7.88. The van der Waals surface area contributed by atoms with Crippen LogP contribution in [0.1, 0.15) is 17.3 Å². The van der Waals surface area contributed by atoms with Crippen molar-refractivity contribution in [3.8, 4) is 0 Å². The lowest BCUT2D eigenvalue weighted by Gasteiger charge is -2.34. The first-order valence-corrected chi connectivity index (χ1v) is 10.2. The average Bonchev–Trinajstić information content (AvgIpc) is 3.22. The van der Waals surface area contributed by atoms with Crippen LogP contribution < -0.4 is 15.6 Å². The molecule has 0 saturated carbocycles. The smallest absolute Gasteiger partial charge is 0.262 e. The number of halogens is 1. The summed E-state index contributed by atoms with van der Waals surface area (Å²) in [6.07, 6.45) is 1.52. The van der Waals surface area contributed by atoms with Crippen LogP contribution in [0.4, 0.5) is 15.2 Å². The predicted octanol–water partition coefficient (Wildman–Crippen LogP) is 2.02. The van der Waals surface area contributed by atoms with E-state index in [1.165, 1.54) is 17.8 Å². The van der Waals surface area contributed by atoms with Gasteiger partial charge in [0.2, 0.25) is 10.6 Å². The van der Waals surface area contributed by atoms with Gasteiger partial charge in [0.25, 0.3) is 5.91 Å². The minimum atomic E-state index is -0.584. The van der Waals surface area contributed by atoms with E-state index in [9.17, 15) is 14.0 Å². The summed E-state index contributed by atoms with van der Waals surface area (Å²) in [5, 5.41) is 10.5. The van der Waals surface area contributed by atoms with Gasteiger partial charge in [0.05, 0.1) is 11.2 Å². The number of rotatable bonds is 4. The fourth-order valence-electron chi connectivity index (χ4n) is 3.50. The van der Waals surface area contributed by atoms with Crippen molar-refractivity contribution in [1.82, 2.24) is 19.7 Å². The zero-order valence-corrected chi connectivity index (χ0v) is 17.0. The molecule has 1 amide bonds. The Morgan fingerprint density at radius 3 is 2.69 bits per heavy atom. The summed E-state index contributed by atoms with van der Waals surface area (Å²) in [5.41, 5.74) is 2.02. The van der Waals surface area contributed by atoms with E-state index in [1.807, 2.05) is 18.9 Å². The third-order valence-electron chi connectivity index (χ3n) is 5.16. The number of nitrogens with one attached hydrogen (secondary N) is 1. The fourth-order valence-corrected chi connectivity index (χ4v) is 3.94. The molecule has 1 fully saturated rings. The summed E-state index contributed by atoms with van der Waals surface area (Å²) >= 11 is 1.15. The zero-order chi connectivity index (χ0) is 20.5. The summed E-state index contributed by atoms with van der Waals surface area (Å²) in [6.45, 7) is 5.58. The molecule has 0 atom stereocenters. The van der Waals surface area contributed by atoms with Crippen molar-refractivity contribution >= 4 is 39.0 Å². The molecule has 0 bridgehead atoms. The number of amides is 1. The van der Waals surface area contributed by atoms with Crippen molar-refractivity contribution in [3.63, 3.8) is 0 Å². The third-order valence-corrected chi connectivity index (χ3v) is 5.77. The van der Waals surface area contributed by atoms with Crippen molar-refractivity contribution in [1.29, 1.82) is 0 Å². The van der Waals surface area contributed by atoms with Crippen LogP contribution in [0.2, 0.25) is 0 Å². The summed E-state index contributed by atoms with van der Waals surface area (Å²) in [7, 11) is 2.04. The molecule has 8 nitrogen and oxygen atoms in total. The molecule has 29 heavy (non-hydrogen) atoms. The second-order valence-corrected chi connectivity index (χ2v) is 7.80. The average molecular weight is 416 g/mol. The molecule has 3 heterocycles. The Morgan fingerprint density at radius 1 is 1.28 bits per heavy atom. The standard InChI is InChI=1S/C19H21FN6O2S/c1-3-25-10-13(18(28)22-19-23-21-11-29-19)17(27)12-8-14(20)16(9-15(12)25)26-6-4-24(2)5-7-26/h8-11H,3-7H2,1-2H3,(H,22,23,28). The summed E-state index contributed by atoms with van der Waals surface area (Å²) in [6, 6.07) is 2.96. The molecule has 0 aliphatic carbocycles. The van der Waals surface area contributed by atoms with E-state index >= 15 is 0 Å². The molecule has 4 rings (SSSR count). The van der Waals surface area contributed by atoms with Crippen molar-refractivity contribution in [2.45, 2.75) is 13.5 Å². The van der Waals surface area contributed by atoms with Crippen molar-refractivity contribution in [3.05, 3.63) is 45.4 Å². The van der Waals surface area contributed by atoms with Crippen LogP contribution >= 0.6 is 11.3 Å². The van der Waals surface area contributed by atoms with Gasteiger partial charge in [0.15, 0.2) is 0 Å². The summed E-state index contributed by atoms with van der Waals surface area (Å²) in [5.74, 6) is -1.04. The van der Waals surface area contributed by atoms with E-state index in [2.05, 4.69) is 20.4 Å². The maximum Gasteiger partial charge on any atom is 0.262 e. The van der Waals surface area contributed by atoms with Crippen LogP contribution in [-0.4, -0.2) is 58.8 Å². The van der Waals surface area contributed by atoms with Gasteiger partial charge in [0, 0.05) is 44.3 Å². The van der Waals surface area contributed by atoms with Crippen molar-refractivity contribution < 1.29 is 9.18 Å². The molecule has 1 aliphatic heterocycles. The Morgan fingerprint density at radius 2 is 2.03 bits per heavy atom. The molecule has 2 aromatic heterocycles. The number of hydrogen-bond acceptors (Lipinski definition) is 7. The Kier molecular flexibility index (Phi) is 5.29. The van der Waals surface area contributed by atoms with Gasteiger partial charge in [0.1, 0.15) is 16.9 Å². The van der Waals surface area contributed by atoms with Gasteiger partial charge in [-0.25, -0.2) is 4.39 Å². The highest BCUT2D eigenvalue weighted by Gasteiger charge is 2.22. The lowest BCUT2D eigenvalue weighted by molar-refractivity contribution is 0.102. The third kappa shape index (κ3) is 3.73. The molecule has 1 N–H and O–H groups in total. The summed E-state index contributed by atoms with van der Waals surface area (Å²) < 4.78 is 16.7. The van der Waals surface area contributed by atoms with E-state index in [1.54, 1.807) is 10.6 Å². The molecule has 1 aliphatic rings. The van der Waals surface area contributed by atoms with Crippen molar-refractivity contribution in [2.24, 2.45) is 0 Å². The van der Waals surface area contributed by atoms with Crippen molar-refractivity contribution in [2.75, 3.05) is 43.4 Å². The molecule has 10 heteroatoms.